The van der Waals surface area contributed by atoms with Crippen molar-refractivity contribution in [2.45, 2.75) is 51.2 Å². The molecule has 0 N–H and O–H groups in total. The molecule has 1 aromatic heterocycles. The van der Waals surface area contributed by atoms with Gasteiger partial charge < -0.3 is 14.2 Å². The number of carbonyl (C=O) groups is 1. The third-order valence-corrected chi connectivity index (χ3v) is 5.32. The fourth-order valence-electron chi connectivity index (χ4n) is 4.13. The van der Waals surface area contributed by atoms with Crippen LogP contribution in [-0.4, -0.2) is 65.2 Å². The Morgan fingerprint density at radius 1 is 1.38 bits per heavy atom. The lowest BCUT2D eigenvalue weighted by Gasteiger charge is -2.25. The third-order valence-electron chi connectivity index (χ3n) is 5.32. The van der Waals surface area contributed by atoms with E-state index < -0.39 is 0 Å². The Morgan fingerprint density at radius 3 is 2.92 bits per heavy atom. The standard InChI is InChI=1S/C18H30N4O2/c1-20(14-17-19-7-8-21(17)9-10-24-2)12-15-11-18(23)22(13-15)16-5-3-4-6-16/h7-8,15-16H,3-6,9-14H2,1-2H3. The third kappa shape index (κ3) is 4.16. The van der Waals surface area contributed by atoms with Gasteiger partial charge in [0.1, 0.15) is 5.82 Å². The Kier molecular flexibility index (Phi) is 5.89. The Morgan fingerprint density at radius 2 is 2.17 bits per heavy atom. The lowest BCUT2D eigenvalue weighted by atomic mass is 10.1. The molecular formula is C18H30N4O2. The van der Waals surface area contributed by atoms with Gasteiger partial charge >= 0.3 is 0 Å². The number of nitrogens with zero attached hydrogens (tertiary/aromatic N) is 4. The number of hydrogen-bond donors (Lipinski definition) is 0. The number of methoxy groups -OCH3 is 1. The van der Waals surface area contributed by atoms with E-state index >= 15 is 0 Å². The van der Waals surface area contributed by atoms with Crippen LogP contribution in [0.5, 0.6) is 0 Å². The maximum absolute atomic E-state index is 12.3. The average molecular weight is 334 g/mol. The van der Waals surface area contributed by atoms with Crippen molar-refractivity contribution >= 4 is 5.91 Å². The van der Waals surface area contributed by atoms with Crippen molar-refractivity contribution in [2.24, 2.45) is 5.92 Å². The van der Waals surface area contributed by atoms with Crippen LogP contribution in [0.25, 0.3) is 0 Å². The summed E-state index contributed by atoms with van der Waals surface area (Å²) in [5.41, 5.74) is 0. The normalized spacial score (nSPS) is 22.2. The molecule has 3 rings (SSSR count). The van der Waals surface area contributed by atoms with Crippen molar-refractivity contribution in [3.8, 4) is 0 Å². The Balaban J connectivity index is 1.49. The van der Waals surface area contributed by atoms with E-state index in [1.165, 1.54) is 25.7 Å². The van der Waals surface area contributed by atoms with Crippen LogP contribution in [0.3, 0.4) is 0 Å². The first-order chi connectivity index (χ1) is 11.7. The molecule has 1 amide bonds. The molecule has 6 nitrogen and oxygen atoms in total. The van der Waals surface area contributed by atoms with E-state index in [4.69, 9.17) is 4.74 Å². The van der Waals surface area contributed by atoms with Crippen molar-refractivity contribution in [3.05, 3.63) is 18.2 Å². The smallest absolute Gasteiger partial charge is 0.223 e. The number of ether oxygens (including phenoxy) is 1. The summed E-state index contributed by atoms with van der Waals surface area (Å²) in [6.45, 7) is 4.22. The number of likely N-dealkylation sites (tertiary alicyclic amines) is 1. The topological polar surface area (TPSA) is 50.6 Å². The highest BCUT2D eigenvalue weighted by Gasteiger charge is 2.35. The van der Waals surface area contributed by atoms with Gasteiger partial charge in [0, 0.05) is 51.6 Å². The Hall–Kier alpha value is -1.40. The minimum Gasteiger partial charge on any atom is -0.383 e. The van der Waals surface area contributed by atoms with E-state index in [9.17, 15) is 4.79 Å². The minimum atomic E-state index is 0.363. The van der Waals surface area contributed by atoms with Gasteiger partial charge in [-0.1, -0.05) is 12.8 Å². The molecule has 1 saturated carbocycles. The highest BCUT2D eigenvalue weighted by atomic mass is 16.5. The Bertz CT molecular complexity index is 539. The van der Waals surface area contributed by atoms with E-state index in [0.717, 1.165) is 32.0 Å². The predicted molar refractivity (Wildman–Crippen MR) is 92.5 cm³/mol. The summed E-state index contributed by atoms with van der Waals surface area (Å²) in [6, 6.07) is 0.515. The predicted octanol–water partition coefficient (Wildman–Crippen LogP) is 1.75. The molecule has 1 saturated heterocycles. The van der Waals surface area contributed by atoms with Crippen LogP contribution >= 0.6 is 0 Å². The van der Waals surface area contributed by atoms with E-state index in [1.54, 1.807) is 7.11 Å². The molecule has 2 aliphatic rings. The number of amides is 1. The van der Waals surface area contributed by atoms with Gasteiger partial charge in [0.15, 0.2) is 0 Å². The highest BCUT2D eigenvalue weighted by Crippen LogP contribution is 2.29. The van der Waals surface area contributed by atoms with Crippen molar-refractivity contribution in [1.29, 1.82) is 0 Å². The molecule has 1 aromatic rings. The zero-order valence-corrected chi connectivity index (χ0v) is 15.0. The van der Waals surface area contributed by atoms with Crippen LogP contribution < -0.4 is 0 Å². The van der Waals surface area contributed by atoms with Crippen LogP contribution in [-0.2, 0) is 22.6 Å². The van der Waals surface area contributed by atoms with Crippen molar-refractivity contribution in [3.63, 3.8) is 0 Å². The minimum absolute atomic E-state index is 0.363. The van der Waals surface area contributed by atoms with E-state index in [-0.39, 0.29) is 0 Å². The molecule has 1 atom stereocenters. The van der Waals surface area contributed by atoms with Crippen molar-refractivity contribution < 1.29 is 9.53 Å². The molecule has 0 radical (unpaired) electrons. The summed E-state index contributed by atoms with van der Waals surface area (Å²) < 4.78 is 7.29. The number of carbonyl (C=O) groups excluding carboxylic acids is 1. The second kappa shape index (κ2) is 8.12. The number of hydrogen-bond acceptors (Lipinski definition) is 4. The van der Waals surface area contributed by atoms with E-state index in [1.807, 2.05) is 12.4 Å². The van der Waals surface area contributed by atoms with E-state index in [0.29, 0.717) is 30.9 Å². The van der Waals surface area contributed by atoms with Gasteiger partial charge in [-0.15, -0.1) is 0 Å². The van der Waals surface area contributed by atoms with Crippen molar-refractivity contribution in [2.75, 3.05) is 33.9 Å². The maximum Gasteiger partial charge on any atom is 0.223 e. The monoisotopic (exact) mass is 334 g/mol. The lowest BCUT2D eigenvalue weighted by molar-refractivity contribution is -0.129. The second-order valence-corrected chi connectivity index (χ2v) is 7.28. The summed E-state index contributed by atoms with van der Waals surface area (Å²) in [5, 5.41) is 0. The van der Waals surface area contributed by atoms with Gasteiger partial charge in [-0.05, 0) is 25.8 Å². The second-order valence-electron chi connectivity index (χ2n) is 7.28. The lowest BCUT2D eigenvalue weighted by Crippen LogP contribution is -2.35. The van der Waals surface area contributed by atoms with Crippen LogP contribution in [0.2, 0.25) is 0 Å². The number of rotatable bonds is 8. The summed E-state index contributed by atoms with van der Waals surface area (Å²) in [6.07, 6.45) is 9.52. The van der Waals surface area contributed by atoms with Gasteiger partial charge in [-0.2, -0.15) is 0 Å². The van der Waals surface area contributed by atoms with Crippen LogP contribution in [0.15, 0.2) is 12.4 Å². The first kappa shape index (κ1) is 17.4. The van der Waals surface area contributed by atoms with Crippen LogP contribution in [0.1, 0.15) is 37.9 Å². The van der Waals surface area contributed by atoms with Gasteiger partial charge in [0.25, 0.3) is 0 Å². The van der Waals surface area contributed by atoms with Gasteiger partial charge in [0.2, 0.25) is 5.91 Å². The molecule has 0 spiro atoms. The zero-order valence-electron chi connectivity index (χ0n) is 15.0. The first-order valence-electron chi connectivity index (χ1n) is 9.14. The molecule has 0 bridgehead atoms. The van der Waals surface area contributed by atoms with Gasteiger partial charge in [-0.3, -0.25) is 9.69 Å². The summed E-state index contributed by atoms with van der Waals surface area (Å²) in [7, 11) is 3.84. The zero-order chi connectivity index (χ0) is 16.9. The van der Waals surface area contributed by atoms with Gasteiger partial charge in [-0.25, -0.2) is 4.98 Å². The quantitative estimate of drug-likeness (QED) is 0.727. The van der Waals surface area contributed by atoms with E-state index in [2.05, 4.69) is 26.4 Å². The largest absolute Gasteiger partial charge is 0.383 e. The molecule has 6 heteroatoms. The summed E-state index contributed by atoms with van der Waals surface area (Å²) in [5.74, 6) is 1.87. The first-order valence-corrected chi connectivity index (χ1v) is 9.14. The SMILES string of the molecule is COCCn1ccnc1CN(C)CC1CC(=O)N(C2CCCC2)C1. The summed E-state index contributed by atoms with van der Waals surface area (Å²) in [4.78, 5) is 21.2. The molecule has 2 heterocycles. The summed E-state index contributed by atoms with van der Waals surface area (Å²) >= 11 is 0. The van der Waals surface area contributed by atoms with Crippen molar-refractivity contribution in [1.82, 2.24) is 19.4 Å². The molecule has 1 unspecified atom stereocenters. The Labute approximate surface area is 144 Å². The highest BCUT2D eigenvalue weighted by molar-refractivity contribution is 5.79. The molecular weight excluding hydrogens is 304 g/mol. The fourth-order valence-corrected chi connectivity index (χ4v) is 4.13. The van der Waals surface area contributed by atoms with Gasteiger partial charge in [0.05, 0.1) is 13.2 Å². The molecule has 1 aliphatic heterocycles. The fraction of sp³-hybridized carbons (Fsp3) is 0.778. The molecule has 1 aliphatic carbocycles. The maximum atomic E-state index is 12.3. The molecule has 2 fully saturated rings. The molecule has 24 heavy (non-hydrogen) atoms. The number of imidazole rings is 1. The number of aromatic nitrogens is 2. The average Bonchev–Trinajstić information content (AvgIpc) is 3.27. The van der Waals surface area contributed by atoms with Crippen LogP contribution in [0.4, 0.5) is 0 Å². The molecule has 134 valence electrons. The molecule has 0 aromatic carbocycles. The van der Waals surface area contributed by atoms with Crippen LogP contribution in [0, 0.1) is 5.92 Å².